The number of hydrogen-bond acceptors (Lipinski definition) is 3. The number of aromatic nitrogens is 1. The van der Waals surface area contributed by atoms with Crippen LogP contribution in [0.2, 0.25) is 0 Å². The molecule has 2 unspecified atom stereocenters. The van der Waals surface area contributed by atoms with Gasteiger partial charge in [0.2, 0.25) is 0 Å². The van der Waals surface area contributed by atoms with Gasteiger partial charge in [0, 0.05) is 23.9 Å². The number of carbonyl (C=O) groups is 1. The molecular weight excluding hydrogens is 214 g/mol. The standard InChI is InChI=1S/C14H17NO2/c1-9-4-5-15-8-13(9)14(16)10-6-11-2-3-12(7-10)17-11/h4-5,8,10-12H,2-3,6-7H2,1H3. The summed E-state index contributed by atoms with van der Waals surface area (Å²) in [5.74, 6) is 0.403. The van der Waals surface area contributed by atoms with Crippen LogP contribution in [0.25, 0.3) is 0 Å². The summed E-state index contributed by atoms with van der Waals surface area (Å²) in [6.07, 6.45) is 8.11. The molecule has 3 heterocycles. The summed E-state index contributed by atoms with van der Waals surface area (Å²) >= 11 is 0. The number of nitrogens with zero attached hydrogens (tertiary/aromatic N) is 1. The predicted molar refractivity (Wildman–Crippen MR) is 63.9 cm³/mol. The average molecular weight is 231 g/mol. The van der Waals surface area contributed by atoms with E-state index in [4.69, 9.17) is 4.74 Å². The van der Waals surface area contributed by atoms with Crippen molar-refractivity contribution in [3.05, 3.63) is 29.6 Å². The van der Waals surface area contributed by atoms with Gasteiger partial charge in [-0.25, -0.2) is 0 Å². The van der Waals surface area contributed by atoms with E-state index < -0.39 is 0 Å². The van der Waals surface area contributed by atoms with Crippen LogP contribution in [-0.2, 0) is 4.74 Å². The fourth-order valence-corrected chi connectivity index (χ4v) is 3.01. The molecule has 90 valence electrons. The van der Waals surface area contributed by atoms with E-state index in [1.165, 1.54) is 0 Å². The summed E-state index contributed by atoms with van der Waals surface area (Å²) in [6.45, 7) is 1.98. The average Bonchev–Trinajstić information content (AvgIpc) is 2.68. The molecule has 3 heteroatoms. The third kappa shape index (κ3) is 2.00. The van der Waals surface area contributed by atoms with Crippen LogP contribution in [0.1, 0.15) is 41.6 Å². The SMILES string of the molecule is Cc1ccncc1C(=O)C1CC2CCC(C1)O2. The highest BCUT2D eigenvalue weighted by Crippen LogP contribution is 2.37. The molecular formula is C14H17NO2. The van der Waals surface area contributed by atoms with Crippen LogP contribution in [0.3, 0.4) is 0 Å². The van der Waals surface area contributed by atoms with Crippen LogP contribution < -0.4 is 0 Å². The Hall–Kier alpha value is -1.22. The first kappa shape index (κ1) is 10.9. The molecule has 2 aliphatic heterocycles. The second kappa shape index (κ2) is 4.22. The summed E-state index contributed by atoms with van der Waals surface area (Å²) in [6, 6.07) is 1.90. The van der Waals surface area contributed by atoms with Crippen molar-refractivity contribution < 1.29 is 9.53 Å². The van der Waals surface area contributed by atoms with Crippen molar-refractivity contribution >= 4 is 5.78 Å². The van der Waals surface area contributed by atoms with Gasteiger partial charge < -0.3 is 4.74 Å². The number of rotatable bonds is 2. The lowest BCUT2D eigenvalue weighted by atomic mass is 9.87. The van der Waals surface area contributed by atoms with Gasteiger partial charge in [-0.05, 0) is 44.2 Å². The van der Waals surface area contributed by atoms with Crippen molar-refractivity contribution in [1.29, 1.82) is 0 Å². The Labute approximate surface area is 101 Å². The third-order valence-corrected chi connectivity index (χ3v) is 3.97. The number of Topliss-reactive ketones (excluding diaryl/α,β-unsaturated/α-hetero) is 1. The van der Waals surface area contributed by atoms with Crippen LogP contribution in [0.4, 0.5) is 0 Å². The molecule has 0 radical (unpaired) electrons. The zero-order chi connectivity index (χ0) is 11.8. The molecule has 0 N–H and O–H groups in total. The van der Waals surface area contributed by atoms with Gasteiger partial charge in [0.05, 0.1) is 12.2 Å². The van der Waals surface area contributed by atoms with Gasteiger partial charge in [-0.15, -0.1) is 0 Å². The van der Waals surface area contributed by atoms with Gasteiger partial charge in [0.15, 0.2) is 5.78 Å². The number of fused-ring (bicyclic) bond motifs is 2. The van der Waals surface area contributed by atoms with Gasteiger partial charge in [-0.1, -0.05) is 0 Å². The molecule has 1 aromatic heterocycles. The lowest BCUT2D eigenvalue weighted by molar-refractivity contribution is -0.0149. The van der Waals surface area contributed by atoms with Gasteiger partial charge in [-0.3, -0.25) is 9.78 Å². The quantitative estimate of drug-likeness (QED) is 0.734. The Bertz CT molecular complexity index is 432. The second-order valence-electron chi connectivity index (χ2n) is 5.18. The Morgan fingerprint density at radius 3 is 2.71 bits per heavy atom. The molecule has 17 heavy (non-hydrogen) atoms. The van der Waals surface area contributed by atoms with E-state index in [2.05, 4.69) is 4.98 Å². The van der Waals surface area contributed by atoms with Crippen LogP contribution in [-0.4, -0.2) is 23.0 Å². The van der Waals surface area contributed by atoms with Crippen LogP contribution >= 0.6 is 0 Å². The van der Waals surface area contributed by atoms with E-state index in [1.54, 1.807) is 12.4 Å². The molecule has 2 aliphatic rings. The molecule has 3 rings (SSSR count). The second-order valence-corrected chi connectivity index (χ2v) is 5.18. The number of hydrogen-bond donors (Lipinski definition) is 0. The van der Waals surface area contributed by atoms with E-state index in [0.717, 1.165) is 36.8 Å². The maximum absolute atomic E-state index is 12.4. The van der Waals surface area contributed by atoms with Crippen LogP contribution in [0, 0.1) is 12.8 Å². The van der Waals surface area contributed by atoms with E-state index in [1.807, 2.05) is 13.0 Å². The number of ketones is 1. The molecule has 2 bridgehead atoms. The highest BCUT2D eigenvalue weighted by molar-refractivity contribution is 5.98. The smallest absolute Gasteiger partial charge is 0.167 e. The molecule has 2 fully saturated rings. The van der Waals surface area contributed by atoms with Crippen molar-refractivity contribution in [2.45, 2.75) is 44.8 Å². The predicted octanol–water partition coefficient (Wildman–Crippen LogP) is 2.53. The van der Waals surface area contributed by atoms with Gasteiger partial charge in [0.1, 0.15) is 0 Å². The Balaban J connectivity index is 1.81. The zero-order valence-corrected chi connectivity index (χ0v) is 10.1. The zero-order valence-electron chi connectivity index (χ0n) is 10.1. The molecule has 0 saturated carbocycles. The molecule has 0 spiro atoms. The van der Waals surface area contributed by atoms with Crippen molar-refractivity contribution in [3.8, 4) is 0 Å². The summed E-state index contributed by atoms with van der Waals surface area (Å²) < 4.78 is 5.78. The first-order valence-corrected chi connectivity index (χ1v) is 6.34. The minimum Gasteiger partial charge on any atom is -0.375 e. The first-order chi connectivity index (χ1) is 8.24. The maximum Gasteiger partial charge on any atom is 0.167 e. The summed E-state index contributed by atoms with van der Waals surface area (Å²) in [5.41, 5.74) is 1.82. The van der Waals surface area contributed by atoms with Gasteiger partial charge in [0.25, 0.3) is 0 Å². The lowest BCUT2D eigenvalue weighted by Crippen LogP contribution is -2.30. The number of pyridine rings is 1. The molecule has 3 nitrogen and oxygen atoms in total. The molecule has 0 aromatic carbocycles. The molecule has 0 amide bonds. The van der Waals surface area contributed by atoms with Crippen molar-refractivity contribution in [2.24, 2.45) is 5.92 Å². The topological polar surface area (TPSA) is 39.2 Å². The van der Waals surface area contributed by atoms with E-state index >= 15 is 0 Å². The maximum atomic E-state index is 12.4. The van der Waals surface area contributed by atoms with E-state index in [0.29, 0.717) is 12.2 Å². The Morgan fingerprint density at radius 2 is 2.06 bits per heavy atom. The summed E-state index contributed by atoms with van der Waals surface area (Å²) in [7, 11) is 0. The third-order valence-electron chi connectivity index (χ3n) is 3.97. The fourth-order valence-electron chi connectivity index (χ4n) is 3.01. The molecule has 2 atom stereocenters. The van der Waals surface area contributed by atoms with Gasteiger partial charge >= 0.3 is 0 Å². The van der Waals surface area contributed by atoms with E-state index in [9.17, 15) is 4.79 Å². The summed E-state index contributed by atoms with van der Waals surface area (Å²) in [4.78, 5) is 16.5. The van der Waals surface area contributed by atoms with Crippen molar-refractivity contribution in [3.63, 3.8) is 0 Å². The van der Waals surface area contributed by atoms with Crippen LogP contribution in [0.15, 0.2) is 18.5 Å². The highest BCUT2D eigenvalue weighted by Gasteiger charge is 2.38. The van der Waals surface area contributed by atoms with Gasteiger partial charge in [-0.2, -0.15) is 0 Å². The van der Waals surface area contributed by atoms with Crippen molar-refractivity contribution in [1.82, 2.24) is 4.98 Å². The first-order valence-electron chi connectivity index (χ1n) is 6.34. The monoisotopic (exact) mass is 231 g/mol. The minimum absolute atomic E-state index is 0.143. The van der Waals surface area contributed by atoms with Crippen molar-refractivity contribution in [2.75, 3.05) is 0 Å². The molecule has 1 aromatic rings. The molecule has 2 saturated heterocycles. The summed E-state index contributed by atoms with van der Waals surface area (Å²) in [5, 5.41) is 0. The fraction of sp³-hybridized carbons (Fsp3) is 0.571. The lowest BCUT2D eigenvalue weighted by Gasteiger charge is -2.27. The minimum atomic E-state index is 0.143. The Morgan fingerprint density at radius 1 is 1.35 bits per heavy atom. The number of ether oxygens (including phenoxy) is 1. The largest absolute Gasteiger partial charge is 0.375 e. The number of aryl methyl sites for hydroxylation is 1. The van der Waals surface area contributed by atoms with Crippen LogP contribution in [0.5, 0.6) is 0 Å². The van der Waals surface area contributed by atoms with E-state index in [-0.39, 0.29) is 11.7 Å². The number of carbonyl (C=O) groups excluding carboxylic acids is 1. The Kier molecular flexibility index (Phi) is 2.71. The molecule has 0 aliphatic carbocycles. The highest BCUT2D eigenvalue weighted by atomic mass is 16.5. The normalized spacial score (nSPS) is 31.5.